The van der Waals surface area contributed by atoms with Crippen LogP contribution in [0.15, 0.2) is 35.2 Å². The van der Waals surface area contributed by atoms with E-state index >= 15 is 0 Å². The van der Waals surface area contributed by atoms with Crippen LogP contribution in [-0.4, -0.2) is 42.9 Å². The maximum absolute atomic E-state index is 13.8. The van der Waals surface area contributed by atoms with Gasteiger partial charge in [0.2, 0.25) is 0 Å². The molecule has 0 saturated carbocycles. The summed E-state index contributed by atoms with van der Waals surface area (Å²) in [6, 6.07) is 1.03. The topological polar surface area (TPSA) is 29.3 Å². The van der Waals surface area contributed by atoms with Crippen molar-refractivity contribution < 1.29 is 26.3 Å². The van der Waals surface area contributed by atoms with E-state index < -0.39 is 28.9 Å². The number of nitrogens with two attached hydrogens (primary N) is 1. The molecular weight excluding hydrogens is 413 g/mol. The van der Waals surface area contributed by atoms with Gasteiger partial charge in [-0.2, -0.15) is 13.2 Å². The molecule has 9 heteroatoms. The Kier molecular flexibility index (Phi) is 7.07. The molecule has 0 bridgehead atoms. The molecule has 0 aromatic heterocycles. The average molecular weight is 436 g/mol. The van der Waals surface area contributed by atoms with Gasteiger partial charge in [0.1, 0.15) is 5.82 Å². The quantitative estimate of drug-likeness (QED) is 0.410. The van der Waals surface area contributed by atoms with E-state index in [1.807, 2.05) is 0 Å². The van der Waals surface area contributed by atoms with E-state index in [2.05, 4.69) is 4.90 Å². The van der Waals surface area contributed by atoms with E-state index in [0.29, 0.717) is 18.8 Å². The van der Waals surface area contributed by atoms with Crippen molar-refractivity contribution in [3.8, 4) is 0 Å². The van der Waals surface area contributed by atoms with Gasteiger partial charge in [0.05, 0.1) is 5.31 Å². The SMILES string of the molecule is NC(Cc1cc(F)c(F)cc1F)C1CCN(CC2=CC=C(C(F)(F)F)PC2)CC1. The minimum absolute atomic E-state index is 0.0689. The van der Waals surface area contributed by atoms with E-state index in [1.165, 1.54) is 6.08 Å². The highest BCUT2D eigenvalue weighted by molar-refractivity contribution is 7.43. The lowest BCUT2D eigenvalue weighted by Gasteiger charge is -2.35. The van der Waals surface area contributed by atoms with Gasteiger partial charge in [-0.25, -0.2) is 13.2 Å². The summed E-state index contributed by atoms with van der Waals surface area (Å²) in [5.74, 6) is -2.98. The summed E-state index contributed by atoms with van der Waals surface area (Å²) in [6.45, 7) is 2.12. The Labute approximate surface area is 167 Å². The van der Waals surface area contributed by atoms with E-state index in [0.717, 1.165) is 37.6 Å². The first kappa shape index (κ1) is 22.3. The van der Waals surface area contributed by atoms with Gasteiger partial charge in [-0.05, 0) is 62.1 Å². The van der Waals surface area contributed by atoms with Crippen LogP contribution in [0.1, 0.15) is 18.4 Å². The monoisotopic (exact) mass is 436 g/mol. The third-order valence-electron chi connectivity index (χ3n) is 5.51. The minimum Gasteiger partial charge on any atom is -0.327 e. The third-order valence-corrected chi connectivity index (χ3v) is 6.97. The average Bonchev–Trinajstić information content (AvgIpc) is 2.66. The van der Waals surface area contributed by atoms with Crippen LogP contribution in [0.3, 0.4) is 0 Å². The number of nitrogens with zero attached hydrogens (tertiary/aromatic N) is 1. The Bertz CT molecular complexity index is 797. The van der Waals surface area contributed by atoms with Crippen molar-refractivity contribution in [1.82, 2.24) is 4.90 Å². The molecule has 2 N–H and O–H groups in total. The first-order chi connectivity index (χ1) is 13.6. The molecule has 2 atom stereocenters. The van der Waals surface area contributed by atoms with Gasteiger partial charge in [-0.1, -0.05) is 20.2 Å². The van der Waals surface area contributed by atoms with Crippen LogP contribution >= 0.6 is 8.58 Å². The summed E-state index contributed by atoms with van der Waals surface area (Å²) in [5.41, 5.74) is 7.25. The molecule has 2 aliphatic heterocycles. The molecule has 1 aromatic carbocycles. The number of likely N-dealkylation sites (tertiary alicyclic amines) is 1. The van der Waals surface area contributed by atoms with Crippen molar-refractivity contribution in [2.45, 2.75) is 31.5 Å². The lowest BCUT2D eigenvalue weighted by Crippen LogP contribution is -2.42. The third kappa shape index (κ3) is 5.83. The predicted molar refractivity (Wildman–Crippen MR) is 103 cm³/mol. The molecule has 0 amide bonds. The van der Waals surface area contributed by atoms with Crippen LogP contribution in [0.2, 0.25) is 0 Å². The fraction of sp³-hybridized carbons (Fsp3) is 0.500. The Balaban J connectivity index is 1.50. The lowest BCUT2D eigenvalue weighted by molar-refractivity contribution is -0.0840. The smallest absolute Gasteiger partial charge is 0.327 e. The molecule has 2 unspecified atom stereocenters. The maximum Gasteiger partial charge on any atom is 0.416 e. The predicted octanol–water partition coefficient (Wildman–Crippen LogP) is 4.75. The van der Waals surface area contributed by atoms with Gasteiger partial charge >= 0.3 is 6.18 Å². The zero-order valence-electron chi connectivity index (χ0n) is 15.7. The summed E-state index contributed by atoms with van der Waals surface area (Å²) in [5, 5.41) is -0.463. The van der Waals surface area contributed by atoms with Gasteiger partial charge in [-0.15, -0.1) is 0 Å². The van der Waals surface area contributed by atoms with Crippen molar-refractivity contribution in [2.75, 3.05) is 25.8 Å². The molecule has 3 rings (SSSR count). The molecule has 1 aromatic rings. The summed E-state index contributed by atoms with van der Waals surface area (Å²) in [6.07, 6.45) is 0.601. The molecule has 0 spiro atoms. The highest BCUT2D eigenvalue weighted by atomic mass is 31.1. The molecule has 1 saturated heterocycles. The van der Waals surface area contributed by atoms with Crippen molar-refractivity contribution in [3.63, 3.8) is 0 Å². The first-order valence-corrected chi connectivity index (χ1v) is 10.7. The first-order valence-electron chi connectivity index (χ1n) is 9.45. The van der Waals surface area contributed by atoms with Crippen LogP contribution in [-0.2, 0) is 6.42 Å². The van der Waals surface area contributed by atoms with Crippen LogP contribution < -0.4 is 5.73 Å². The van der Waals surface area contributed by atoms with Crippen molar-refractivity contribution >= 4 is 8.58 Å². The second-order valence-corrected chi connectivity index (χ2v) is 8.84. The number of hydrogen-bond donors (Lipinski definition) is 1. The summed E-state index contributed by atoms with van der Waals surface area (Å²) in [7, 11) is -0.255. The summed E-state index contributed by atoms with van der Waals surface area (Å²) < 4.78 is 78.3. The molecular formula is C20H23F6N2P. The molecule has 160 valence electrons. The highest BCUT2D eigenvalue weighted by Crippen LogP contribution is 2.42. The number of rotatable bonds is 5. The van der Waals surface area contributed by atoms with Crippen LogP contribution in [0, 0.1) is 23.4 Å². The fourth-order valence-corrected chi connectivity index (χ4v) is 4.85. The molecule has 2 nitrogen and oxygen atoms in total. The van der Waals surface area contributed by atoms with Gasteiger partial charge in [0.15, 0.2) is 11.6 Å². The van der Waals surface area contributed by atoms with E-state index in [1.54, 1.807) is 6.08 Å². The fourth-order valence-electron chi connectivity index (χ4n) is 3.80. The molecule has 2 heterocycles. The zero-order chi connectivity index (χ0) is 21.2. The number of hydrogen-bond acceptors (Lipinski definition) is 2. The van der Waals surface area contributed by atoms with E-state index in [-0.39, 0.29) is 32.5 Å². The van der Waals surface area contributed by atoms with Crippen molar-refractivity contribution in [3.05, 3.63) is 58.2 Å². The Hall–Kier alpha value is -1.37. The van der Waals surface area contributed by atoms with Crippen molar-refractivity contribution in [2.24, 2.45) is 11.7 Å². The van der Waals surface area contributed by atoms with Crippen LogP contribution in [0.5, 0.6) is 0 Å². The van der Waals surface area contributed by atoms with Gasteiger partial charge in [-0.3, -0.25) is 4.90 Å². The van der Waals surface area contributed by atoms with Crippen molar-refractivity contribution in [1.29, 1.82) is 0 Å². The number of benzene rings is 1. The van der Waals surface area contributed by atoms with Crippen LogP contribution in [0.4, 0.5) is 26.3 Å². The largest absolute Gasteiger partial charge is 0.416 e. The maximum atomic E-state index is 13.8. The number of halogens is 6. The second-order valence-electron chi connectivity index (χ2n) is 7.60. The zero-order valence-corrected chi connectivity index (χ0v) is 16.7. The van der Waals surface area contributed by atoms with Gasteiger partial charge in [0.25, 0.3) is 0 Å². The number of alkyl halides is 3. The Morgan fingerprint density at radius 3 is 2.28 bits per heavy atom. The normalized spacial score (nSPS) is 21.2. The Morgan fingerprint density at radius 2 is 1.69 bits per heavy atom. The lowest BCUT2D eigenvalue weighted by atomic mass is 9.86. The minimum atomic E-state index is -4.25. The molecule has 0 radical (unpaired) electrons. The second kappa shape index (κ2) is 9.19. The van der Waals surface area contributed by atoms with Gasteiger partial charge < -0.3 is 5.73 Å². The molecule has 1 fully saturated rings. The summed E-state index contributed by atoms with van der Waals surface area (Å²) >= 11 is 0. The van der Waals surface area contributed by atoms with Crippen LogP contribution in [0.25, 0.3) is 0 Å². The molecule has 0 aliphatic carbocycles. The van der Waals surface area contributed by atoms with Gasteiger partial charge in [0, 0.05) is 18.7 Å². The number of allylic oxidation sites excluding steroid dienone is 3. The van der Waals surface area contributed by atoms with E-state index in [4.69, 9.17) is 5.73 Å². The summed E-state index contributed by atoms with van der Waals surface area (Å²) in [4.78, 5) is 2.18. The standard InChI is InChI=1S/C20H23F6N2P/c21-15-9-17(23)16(22)7-14(15)8-18(27)13-3-5-28(6-4-13)10-12-1-2-19(29-11-12)20(24,25)26/h1-2,7,9,13,18,29H,3-6,8,10-11,27H2. The van der Waals surface area contributed by atoms with E-state index in [9.17, 15) is 26.3 Å². The molecule has 2 aliphatic rings. The number of piperidine rings is 1. The highest BCUT2D eigenvalue weighted by Gasteiger charge is 2.34. The Morgan fingerprint density at radius 1 is 1.03 bits per heavy atom. The molecule has 29 heavy (non-hydrogen) atoms.